The molecule has 6 nitrogen and oxygen atoms in total. The maximum Gasteiger partial charge on any atom is 0.261 e. The lowest BCUT2D eigenvalue weighted by Crippen LogP contribution is -2.32. The average Bonchev–Trinajstić information content (AvgIpc) is 2.75. The maximum atomic E-state index is 12.1. The molecule has 1 aromatic rings. The van der Waals surface area contributed by atoms with Gasteiger partial charge < -0.3 is 10.3 Å². The Morgan fingerprint density at radius 1 is 1.56 bits per heavy atom. The van der Waals surface area contributed by atoms with Crippen LogP contribution in [0.1, 0.15) is 16.1 Å². The van der Waals surface area contributed by atoms with Gasteiger partial charge in [-0.1, -0.05) is 0 Å². The predicted octanol–water partition coefficient (Wildman–Crippen LogP) is 0.263. The maximum absolute atomic E-state index is 12.1. The number of rotatable bonds is 2. The van der Waals surface area contributed by atoms with Crippen LogP contribution in [0.15, 0.2) is 23.1 Å². The second-order valence-corrected chi connectivity index (χ2v) is 3.52. The molecule has 16 heavy (non-hydrogen) atoms. The summed E-state index contributed by atoms with van der Waals surface area (Å²) in [6, 6.07) is 0. The van der Waals surface area contributed by atoms with Gasteiger partial charge >= 0.3 is 0 Å². The summed E-state index contributed by atoms with van der Waals surface area (Å²) in [6.07, 6.45) is 5.05. The predicted molar refractivity (Wildman–Crippen MR) is 60.0 cm³/mol. The van der Waals surface area contributed by atoms with Gasteiger partial charge in [0.15, 0.2) is 0 Å². The zero-order valence-corrected chi connectivity index (χ0v) is 9.19. The van der Waals surface area contributed by atoms with Gasteiger partial charge in [-0.05, 0) is 13.0 Å². The van der Waals surface area contributed by atoms with E-state index in [1.807, 2.05) is 6.08 Å². The standard InChI is InChI=1S/C10H13N5O/c1-7-9(6-13-14-7)10(16)15(2)8-3-4-11-12-5-8/h3-4,6,12H,5H2,1-2H3,(H,13,14). The number of aryl methyl sites for hydroxylation is 1. The number of hydrazone groups is 1. The topological polar surface area (TPSA) is 73.4 Å². The lowest BCUT2D eigenvalue weighted by atomic mass is 10.2. The van der Waals surface area contributed by atoms with Crippen LogP contribution < -0.4 is 5.43 Å². The number of likely N-dealkylation sites (N-methyl/N-ethyl adjacent to an activating group) is 1. The fourth-order valence-corrected chi connectivity index (χ4v) is 1.48. The van der Waals surface area contributed by atoms with E-state index in [9.17, 15) is 4.79 Å². The fourth-order valence-electron chi connectivity index (χ4n) is 1.48. The Morgan fingerprint density at radius 3 is 2.94 bits per heavy atom. The van der Waals surface area contributed by atoms with Crippen LogP contribution in [-0.4, -0.2) is 40.8 Å². The van der Waals surface area contributed by atoms with E-state index in [-0.39, 0.29) is 5.91 Å². The number of H-pyrrole nitrogens is 1. The normalized spacial score (nSPS) is 14.2. The molecular formula is C10H13N5O. The molecule has 0 spiro atoms. The monoisotopic (exact) mass is 219 g/mol. The van der Waals surface area contributed by atoms with Gasteiger partial charge in [0.2, 0.25) is 0 Å². The summed E-state index contributed by atoms with van der Waals surface area (Å²) in [6.45, 7) is 2.35. The minimum atomic E-state index is -0.0744. The van der Waals surface area contributed by atoms with E-state index in [1.54, 1.807) is 31.3 Å². The Labute approximate surface area is 93.0 Å². The molecule has 1 amide bonds. The van der Waals surface area contributed by atoms with E-state index >= 15 is 0 Å². The van der Waals surface area contributed by atoms with Crippen molar-refractivity contribution < 1.29 is 4.79 Å². The molecule has 2 N–H and O–H groups in total. The Kier molecular flexibility index (Phi) is 2.72. The molecule has 84 valence electrons. The van der Waals surface area contributed by atoms with Crippen molar-refractivity contribution in [2.45, 2.75) is 6.92 Å². The largest absolute Gasteiger partial charge is 0.313 e. The lowest BCUT2D eigenvalue weighted by molar-refractivity contribution is 0.0833. The number of aromatic amines is 1. The Hall–Kier alpha value is -2.11. The highest BCUT2D eigenvalue weighted by molar-refractivity contribution is 5.96. The molecule has 0 aromatic carbocycles. The van der Waals surface area contributed by atoms with Gasteiger partial charge in [-0.15, -0.1) is 0 Å². The minimum Gasteiger partial charge on any atom is -0.313 e. The molecule has 2 heterocycles. The van der Waals surface area contributed by atoms with E-state index in [1.165, 1.54) is 0 Å². The second-order valence-electron chi connectivity index (χ2n) is 3.52. The molecule has 0 saturated heterocycles. The molecule has 0 aliphatic carbocycles. The highest BCUT2D eigenvalue weighted by atomic mass is 16.2. The van der Waals surface area contributed by atoms with Gasteiger partial charge in [-0.25, -0.2) is 0 Å². The van der Waals surface area contributed by atoms with Crippen LogP contribution >= 0.6 is 0 Å². The molecule has 0 atom stereocenters. The van der Waals surface area contributed by atoms with Gasteiger partial charge in [-0.2, -0.15) is 10.2 Å². The molecule has 0 unspecified atom stereocenters. The van der Waals surface area contributed by atoms with Crippen molar-refractivity contribution in [3.63, 3.8) is 0 Å². The zero-order chi connectivity index (χ0) is 11.5. The van der Waals surface area contributed by atoms with E-state index in [0.717, 1.165) is 5.70 Å². The van der Waals surface area contributed by atoms with Crippen molar-refractivity contribution in [2.75, 3.05) is 13.6 Å². The molecule has 0 bridgehead atoms. The van der Waals surface area contributed by atoms with E-state index < -0.39 is 0 Å². The third-order valence-electron chi connectivity index (χ3n) is 2.49. The highest BCUT2D eigenvalue weighted by Gasteiger charge is 2.19. The number of allylic oxidation sites excluding steroid dienone is 1. The number of nitrogens with zero attached hydrogens (tertiary/aromatic N) is 3. The molecule has 0 radical (unpaired) electrons. The van der Waals surface area contributed by atoms with Crippen molar-refractivity contribution >= 4 is 12.1 Å². The summed E-state index contributed by atoms with van der Waals surface area (Å²) >= 11 is 0. The van der Waals surface area contributed by atoms with Crippen molar-refractivity contribution in [3.05, 3.63) is 29.2 Å². The summed E-state index contributed by atoms with van der Waals surface area (Å²) < 4.78 is 0. The summed E-state index contributed by atoms with van der Waals surface area (Å²) in [4.78, 5) is 13.7. The van der Waals surface area contributed by atoms with Crippen molar-refractivity contribution in [1.82, 2.24) is 20.5 Å². The van der Waals surface area contributed by atoms with Crippen LogP contribution in [0.4, 0.5) is 0 Å². The SMILES string of the molecule is Cc1n[nH]cc1C(=O)N(C)C1=CC=NNC1. The van der Waals surface area contributed by atoms with Crippen LogP contribution in [0.5, 0.6) is 0 Å². The minimum absolute atomic E-state index is 0.0744. The molecule has 0 saturated carbocycles. The van der Waals surface area contributed by atoms with Crippen molar-refractivity contribution in [2.24, 2.45) is 5.10 Å². The van der Waals surface area contributed by atoms with E-state index in [2.05, 4.69) is 20.7 Å². The van der Waals surface area contributed by atoms with Gasteiger partial charge in [-0.3, -0.25) is 9.89 Å². The number of carbonyl (C=O) groups is 1. The number of aromatic nitrogens is 2. The third kappa shape index (κ3) is 1.81. The van der Waals surface area contributed by atoms with Crippen LogP contribution in [0.2, 0.25) is 0 Å². The Bertz CT molecular complexity index is 460. The van der Waals surface area contributed by atoms with Crippen LogP contribution in [-0.2, 0) is 0 Å². The smallest absolute Gasteiger partial charge is 0.261 e. The number of hydrogen-bond donors (Lipinski definition) is 2. The summed E-state index contributed by atoms with van der Waals surface area (Å²) in [5.41, 5.74) is 4.98. The molecule has 1 aliphatic rings. The van der Waals surface area contributed by atoms with Crippen molar-refractivity contribution in [3.8, 4) is 0 Å². The first-order valence-corrected chi connectivity index (χ1v) is 4.93. The Balaban J connectivity index is 2.19. The first-order valence-electron chi connectivity index (χ1n) is 4.93. The molecular weight excluding hydrogens is 206 g/mol. The molecule has 1 aliphatic heterocycles. The van der Waals surface area contributed by atoms with Crippen molar-refractivity contribution in [1.29, 1.82) is 0 Å². The fraction of sp³-hybridized carbons (Fsp3) is 0.300. The Morgan fingerprint density at radius 2 is 2.38 bits per heavy atom. The van der Waals surface area contributed by atoms with Gasteiger partial charge in [0.25, 0.3) is 5.91 Å². The van der Waals surface area contributed by atoms with Gasteiger partial charge in [0, 0.05) is 25.2 Å². The first kappa shape index (κ1) is 10.4. The molecule has 6 heteroatoms. The molecule has 2 rings (SSSR count). The zero-order valence-electron chi connectivity index (χ0n) is 9.19. The summed E-state index contributed by atoms with van der Waals surface area (Å²) in [7, 11) is 1.74. The second kappa shape index (κ2) is 4.18. The number of carbonyl (C=O) groups excluding carboxylic acids is 1. The average molecular weight is 219 g/mol. The number of amides is 1. The van der Waals surface area contributed by atoms with Gasteiger partial charge in [0.05, 0.1) is 17.8 Å². The van der Waals surface area contributed by atoms with Gasteiger partial charge in [0.1, 0.15) is 0 Å². The third-order valence-corrected chi connectivity index (χ3v) is 2.49. The van der Waals surface area contributed by atoms with Crippen LogP contribution in [0.3, 0.4) is 0 Å². The quantitative estimate of drug-likeness (QED) is 0.749. The van der Waals surface area contributed by atoms with Crippen LogP contribution in [0.25, 0.3) is 0 Å². The first-order chi connectivity index (χ1) is 7.70. The molecule has 0 fully saturated rings. The highest BCUT2D eigenvalue weighted by Crippen LogP contribution is 2.11. The molecule has 1 aromatic heterocycles. The number of hydrogen-bond acceptors (Lipinski definition) is 4. The summed E-state index contributed by atoms with van der Waals surface area (Å²) in [5, 5.41) is 10.5. The number of nitrogens with one attached hydrogen (secondary N) is 2. The van der Waals surface area contributed by atoms with E-state index in [0.29, 0.717) is 17.8 Å². The van der Waals surface area contributed by atoms with Crippen LogP contribution in [0, 0.1) is 6.92 Å². The lowest BCUT2D eigenvalue weighted by Gasteiger charge is -2.21. The summed E-state index contributed by atoms with van der Waals surface area (Å²) in [5.74, 6) is -0.0744. The van der Waals surface area contributed by atoms with E-state index in [4.69, 9.17) is 0 Å².